The van der Waals surface area contributed by atoms with E-state index < -0.39 is 6.10 Å². The van der Waals surface area contributed by atoms with Crippen molar-refractivity contribution >= 4 is 11.9 Å². The van der Waals surface area contributed by atoms with E-state index in [-0.39, 0.29) is 25.2 Å². The highest BCUT2D eigenvalue weighted by atomic mass is 16.6. The van der Waals surface area contributed by atoms with Crippen molar-refractivity contribution < 1.29 is 24.2 Å². The van der Waals surface area contributed by atoms with Gasteiger partial charge in [0.25, 0.3) is 0 Å². The van der Waals surface area contributed by atoms with Gasteiger partial charge in [-0.25, -0.2) is 0 Å². The molecular weight excluding hydrogens is 524 g/mol. The third kappa shape index (κ3) is 30.8. The molecule has 0 rings (SSSR count). The number of hydrogen-bond donors (Lipinski definition) is 1. The van der Waals surface area contributed by atoms with Crippen molar-refractivity contribution in [1.29, 1.82) is 0 Å². The lowest BCUT2D eigenvalue weighted by Gasteiger charge is -2.15. The van der Waals surface area contributed by atoms with Gasteiger partial charge in [-0.1, -0.05) is 140 Å². The third-order valence-electron chi connectivity index (χ3n) is 7.14. The fourth-order valence-electron chi connectivity index (χ4n) is 4.54. The van der Waals surface area contributed by atoms with Crippen LogP contribution in [0.5, 0.6) is 0 Å². The molecule has 1 atom stereocenters. The molecule has 0 spiro atoms. The van der Waals surface area contributed by atoms with Gasteiger partial charge in [0.1, 0.15) is 6.61 Å². The number of carbonyl (C=O) groups excluding carboxylic acids is 2. The summed E-state index contributed by atoms with van der Waals surface area (Å²) in [6.07, 6.45) is 40.2. The van der Waals surface area contributed by atoms with E-state index in [0.717, 1.165) is 64.2 Å². The molecule has 5 nitrogen and oxygen atoms in total. The second-order valence-electron chi connectivity index (χ2n) is 11.2. The van der Waals surface area contributed by atoms with Crippen LogP contribution in [-0.4, -0.2) is 36.4 Å². The van der Waals surface area contributed by atoms with E-state index in [1.165, 1.54) is 64.2 Å². The molecule has 5 heteroatoms. The fraction of sp³-hybridized carbons (Fsp3) is 0.730. The smallest absolute Gasteiger partial charge is 0.306 e. The number of unbranched alkanes of at least 4 members (excludes halogenated alkanes) is 14. The SMILES string of the molecule is CC/C=C/C/C=C/C/C=C/C/C=C/CCCCC(=O)OC[C@H](CO)OC(=O)CCCCCCCCCCCCCCC. The van der Waals surface area contributed by atoms with E-state index in [1.54, 1.807) is 0 Å². The van der Waals surface area contributed by atoms with Crippen molar-refractivity contribution in [2.24, 2.45) is 0 Å². The number of carbonyl (C=O) groups is 2. The van der Waals surface area contributed by atoms with Gasteiger partial charge in [-0.2, -0.15) is 0 Å². The first-order chi connectivity index (χ1) is 20.6. The number of aliphatic hydroxyl groups is 1. The van der Waals surface area contributed by atoms with Crippen LogP contribution in [0.4, 0.5) is 0 Å². The molecule has 0 bridgehead atoms. The molecule has 0 aromatic carbocycles. The highest BCUT2D eigenvalue weighted by molar-refractivity contribution is 5.70. The first kappa shape index (κ1) is 39.9. The van der Waals surface area contributed by atoms with Crippen molar-refractivity contribution in [2.45, 2.75) is 161 Å². The summed E-state index contributed by atoms with van der Waals surface area (Å²) in [5.41, 5.74) is 0. The molecule has 0 radical (unpaired) electrons. The quantitative estimate of drug-likeness (QED) is 0.0513. The molecule has 0 aliphatic rings. The van der Waals surface area contributed by atoms with Gasteiger partial charge >= 0.3 is 11.9 Å². The van der Waals surface area contributed by atoms with E-state index in [2.05, 4.69) is 62.5 Å². The van der Waals surface area contributed by atoms with Crippen LogP contribution in [0, 0.1) is 0 Å². The second-order valence-corrected chi connectivity index (χ2v) is 11.2. The Morgan fingerprint density at radius 2 is 1.02 bits per heavy atom. The van der Waals surface area contributed by atoms with Crippen molar-refractivity contribution in [3.63, 3.8) is 0 Å². The Kier molecular flexibility index (Phi) is 31.7. The Hall–Kier alpha value is -2.14. The van der Waals surface area contributed by atoms with Crippen LogP contribution in [0.15, 0.2) is 48.6 Å². The number of allylic oxidation sites excluding steroid dienone is 8. The predicted octanol–water partition coefficient (Wildman–Crippen LogP) is 10.3. The van der Waals surface area contributed by atoms with Crippen LogP contribution < -0.4 is 0 Å². The fourth-order valence-corrected chi connectivity index (χ4v) is 4.54. The molecule has 0 fully saturated rings. The lowest BCUT2D eigenvalue weighted by Crippen LogP contribution is -2.28. The lowest BCUT2D eigenvalue weighted by molar-refractivity contribution is -0.161. The first-order valence-corrected chi connectivity index (χ1v) is 17.2. The van der Waals surface area contributed by atoms with E-state index in [4.69, 9.17) is 9.47 Å². The molecule has 0 aliphatic heterocycles. The van der Waals surface area contributed by atoms with Gasteiger partial charge in [-0.3, -0.25) is 9.59 Å². The van der Waals surface area contributed by atoms with Crippen molar-refractivity contribution in [2.75, 3.05) is 13.2 Å². The minimum Gasteiger partial charge on any atom is -0.462 e. The topological polar surface area (TPSA) is 72.8 Å². The average Bonchev–Trinajstić information content (AvgIpc) is 2.99. The highest BCUT2D eigenvalue weighted by Gasteiger charge is 2.16. The van der Waals surface area contributed by atoms with Crippen molar-refractivity contribution in [3.8, 4) is 0 Å². The summed E-state index contributed by atoms with van der Waals surface area (Å²) < 4.78 is 10.5. The Balaban J connectivity index is 3.66. The zero-order chi connectivity index (χ0) is 30.8. The van der Waals surface area contributed by atoms with E-state index in [9.17, 15) is 14.7 Å². The maximum atomic E-state index is 12.1. The molecule has 0 unspecified atom stereocenters. The molecule has 0 heterocycles. The number of hydrogen-bond acceptors (Lipinski definition) is 5. The third-order valence-corrected chi connectivity index (χ3v) is 7.14. The summed E-state index contributed by atoms with van der Waals surface area (Å²) in [6.45, 7) is 3.97. The Labute approximate surface area is 258 Å². The molecule has 1 N–H and O–H groups in total. The van der Waals surface area contributed by atoms with E-state index in [0.29, 0.717) is 12.8 Å². The molecule has 0 aromatic rings. The van der Waals surface area contributed by atoms with Crippen LogP contribution in [0.1, 0.15) is 155 Å². The second kappa shape index (κ2) is 33.4. The Morgan fingerprint density at radius 1 is 0.571 bits per heavy atom. The van der Waals surface area contributed by atoms with Gasteiger partial charge in [0.05, 0.1) is 6.61 Å². The highest BCUT2D eigenvalue weighted by Crippen LogP contribution is 2.13. The molecule has 242 valence electrons. The van der Waals surface area contributed by atoms with Crippen molar-refractivity contribution in [3.05, 3.63) is 48.6 Å². The van der Waals surface area contributed by atoms with Gasteiger partial charge in [-0.05, 0) is 51.4 Å². The minimum atomic E-state index is -0.784. The summed E-state index contributed by atoms with van der Waals surface area (Å²) >= 11 is 0. The zero-order valence-electron chi connectivity index (χ0n) is 27.2. The molecule has 0 aliphatic carbocycles. The van der Waals surface area contributed by atoms with Crippen LogP contribution in [-0.2, 0) is 19.1 Å². The van der Waals surface area contributed by atoms with Gasteiger partial charge in [0, 0.05) is 12.8 Å². The van der Waals surface area contributed by atoms with Gasteiger partial charge in [-0.15, -0.1) is 0 Å². The molecule has 0 amide bonds. The summed E-state index contributed by atoms with van der Waals surface area (Å²) in [4.78, 5) is 24.1. The summed E-state index contributed by atoms with van der Waals surface area (Å²) in [5, 5.41) is 9.50. The number of ether oxygens (including phenoxy) is 2. The van der Waals surface area contributed by atoms with Crippen LogP contribution >= 0.6 is 0 Å². The zero-order valence-corrected chi connectivity index (χ0v) is 27.2. The van der Waals surface area contributed by atoms with E-state index >= 15 is 0 Å². The first-order valence-electron chi connectivity index (χ1n) is 17.2. The normalized spacial score (nSPS) is 12.7. The Morgan fingerprint density at radius 3 is 1.55 bits per heavy atom. The molecule has 0 aromatic heterocycles. The van der Waals surface area contributed by atoms with Crippen molar-refractivity contribution in [1.82, 2.24) is 0 Å². The maximum Gasteiger partial charge on any atom is 0.306 e. The predicted molar refractivity (Wildman–Crippen MR) is 177 cm³/mol. The monoisotopic (exact) mass is 588 g/mol. The van der Waals surface area contributed by atoms with Crippen LogP contribution in [0.25, 0.3) is 0 Å². The molecular formula is C37H64O5. The maximum absolute atomic E-state index is 12.1. The minimum absolute atomic E-state index is 0.0868. The van der Waals surface area contributed by atoms with Gasteiger partial charge in [0.15, 0.2) is 6.10 Å². The summed E-state index contributed by atoms with van der Waals surface area (Å²) in [5.74, 6) is -0.641. The van der Waals surface area contributed by atoms with Gasteiger partial charge < -0.3 is 14.6 Å². The van der Waals surface area contributed by atoms with Crippen LogP contribution in [0.3, 0.4) is 0 Å². The molecule has 42 heavy (non-hydrogen) atoms. The van der Waals surface area contributed by atoms with Crippen LogP contribution in [0.2, 0.25) is 0 Å². The van der Waals surface area contributed by atoms with E-state index in [1.807, 2.05) is 0 Å². The summed E-state index contributed by atoms with van der Waals surface area (Å²) in [7, 11) is 0. The summed E-state index contributed by atoms with van der Waals surface area (Å²) in [6, 6.07) is 0. The largest absolute Gasteiger partial charge is 0.462 e. The molecule has 0 saturated heterocycles. The number of aliphatic hydroxyl groups excluding tert-OH is 1. The average molecular weight is 589 g/mol. The standard InChI is InChI=1S/C37H64O5/c1-3-5-7-9-11-13-15-17-18-20-21-23-25-27-29-31-36(39)41-34-35(33-38)42-37(40)32-30-28-26-24-22-19-16-14-12-10-8-6-4-2/h5,7,11,13,17-18,21,23,35,38H,3-4,6,8-10,12,14-16,19-20,22,24-34H2,1-2H3/b7-5+,13-11+,18-17+,23-21+/t35-/m0/s1. The lowest BCUT2D eigenvalue weighted by atomic mass is 10.0. The van der Waals surface area contributed by atoms with Gasteiger partial charge in [0.2, 0.25) is 0 Å². The molecule has 0 saturated carbocycles. The number of esters is 2. The Bertz CT molecular complexity index is 722. The number of rotatable bonds is 30.